The monoisotopic (exact) mass is 764 g/mol. The highest BCUT2D eigenvalue weighted by molar-refractivity contribution is 5.69. The average Bonchev–Trinajstić information content (AvgIpc) is 3.10. The summed E-state index contributed by atoms with van der Waals surface area (Å²) in [5, 5.41) is 2.17. The number of esters is 1. The molecule has 0 saturated carbocycles. The van der Waals surface area contributed by atoms with Crippen LogP contribution in [-0.4, -0.2) is 47.0 Å². The van der Waals surface area contributed by atoms with Crippen molar-refractivity contribution in [3.63, 3.8) is 0 Å². The fourth-order valence-electron chi connectivity index (χ4n) is 8.75. The van der Waals surface area contributed by atoms with Crippen molar-refractivity contribution in [2.24, 2.45) is 0 Å². The van der Waals surface area contributed by atoms with Crippen LogP contribution in [0.3, 0.4) is 0 Å². The van der Waals surface area contributed by atoms with Gasteiger partial charge in [-0.1, -0.05) is 200 Å². The van der Waals surface area contributed by atoms with E-state index in [-0.39, 0.29) is 28.8 Å². The predicted molar refractivity (Wildman–Crippen MR) is 234 cm³/mol. The van der Waals surface area contributed by atoms with E-state index < -0.39 is 0 Å². The summed E-state index contributed by atoms with van der Waals surface area (Å²) in [4.78, 5) is 19.4. The first-order valence-electron chi connectivity index (χ1n) is 24.2. The van der Waals surface area contributed by atoms with Gasteiger partial charge >= 0.3 is 5.97 Å². The van der Waals surface area contributed by atoms with Crippen LogP contribution in [0.1, 0.15) is 274 Å². The zero-order chi connectivity index (χ0) is 39.8. The predicted octanol–water partition coefficient (Wildman–Crippen LogP) is 15.8. The summed E-state index contributed by atoms with van der Waals surface area (Å²) in [5.41, 5.74) is -0.838. The zero-order valence-electron chi connectivity index (χ0n) is 38.1. The van der Waals surface area contributed by atoms with Crippen molar-refractivity contribution in [1.29, 1.82) is 0 Å². The largest absolute Gasteiger partial charge is 0.462 e. The number of nitrogens with zero attached hydrogens (tertiary/aromatic N) is 1. The standard InChI is InChI=1S/C49H97NO4/c1-9-11-13-15-17-19-21-23-25-26-27-28-30-32-34-36-38-40-46(51)54-45-42-47(3,4)50(48(5,6)43-45)53-44-49(7,8)52-41-39-37-35-33-31-29-24-22-20-18-16-14-12-10-2/h45H,9-44H2,1-8H3. The zero-order valence-corrected chi connectivity index (χ0v) is 38.1. The molecule has 1 rings (SSSR count). The molecular formula is C49H97NO4. The molecule has 0 N–H and O–H groups in total. The molecule has 0 unspecified atom stereocenters. The van der Waals surface area contributed by atoms with Gasteiger partial charge in [0.15, 0.2) is 0 Å². The molecule has 0 radical (unpaired) electrons. The summed E-state index contributed by atoms with van der Waals surface area (Å²) in [7, 11) is 0. The number of rotatable bonds is 38. The first-order chi connectivity index (χ1) is 25.9. The number of piperidine rings is 1. The van der Waals surface area contributed by atoms with Crippen molar-refractivity contribution in [2.75, 3.05) is 13.2 Å². The Kier molecular flexibility index (Phi) is 30.7. The minimum Gasteiger partial charge on any atom is -0.462 e. The van der Waals surface area contributed by atoms with Gasteiger partial charge in [-0.05, 0) is 54.4 Å². The molecule has 5 heteroatoms. The summed E-state index contributed by atoms with van der Waals surface area (Å²) < 4.78 is 12.4. The lowest BCUT2D eigenvalue weighted by atomic mass is 9.80. The number of carbonyl (C=O) groups excluding carboxylic acids is 1. The second-order valence-corrected chi connectivity index (χ2v) is 19.3. The molecule has 1 aliphatic rings. The molecular weight excluding hydrogens is 667 g/mol. The van der Waals surface area contributed by atoms with E-state index in [1.807, 2.05) is 0 Å². The Morgan fingerprint density at radius 1 is 0.519 bits per heavy atom. The highest BCUT2D eigenvalue weighted by Gasteiger charge is 2.48. The van der Waals surface area contributed by atoms with Crippen LogP contribution in [0.4, 0.5) is 0 Å². The van der Waals surface area contributed by atoms with Gasteiger partial charge < -0.3 is 9.47 Å². The number of hydroxylamine groups is 2. The van der Waals surface area contributed by atoms with E-state index in [4.69, 9.17) is 14.3 Å². The number of unbranched alkanes of at least 4 members (excludes halogenated alkanes) is 29. The molecule has 1 saturated heterocycles. The minimum atomic E-state index is -0.349. The lowest BCUT2D eigenvalue weighted by Gasteiger charge is -2.53. The second kappa shape index (κ2) is 32.3. The molecule has 1 heterocycles. The third kappa shape index (κ3) is 27.9. The van der Waals surface area contributed by atoms with Gasteiger partial charge in [0.1, 0.15) is 6.10 Å². The van der Waals surface area contributed by atoms with E-state index in [0.29, 0.717) is 13.0 Å². The molecule has 0 aliphatic carbocycles. The molecule has 0 aromatic heterocycles. The molecule has 0 spiro atoms. The Labute approximate surface area is 338 Å². The third-order valence-corrected chi connectivity index (χ3v) is 11.9. The van der Waals surface area contributed by atoms with E-state index in [1.165, 1.54) is 180 Å². The van der Waals surface area contributed by atoms with E-state index in [1.54, 1.807) is 0 Å². The Hall–Kier alpha value is -0.650. The average molecular weight is 764 g/mol. The van der Waals surface area contributed by atoms with E-state index >= 15 is 0 Å². The third-order valence-electron chi connectivity index (χ3n) is 11.9. The summed E-state index contributed by atoms with van der Waals surface area (Å²) in [6, 6.07) is 0. The molecule has 322 valence electrons. The molecule has 1 aliphatic heterocycles. The molecule has 0 bridgehead atoms. The number of hydrogen-bond donors (Lipinski definition) is 0. The smallest absolute Gasteiger partial charge is 0.306 e. The summed E-state index contributed by atoms with van der Waals surface area (Å²) >= 11 is 0. The summed E-state index contributed by atoms with van der Waals surface area (Å²) in [5.74, 6) is -0.0278. The van der Waals surface area contributed by atoms with Crippen LogP contribution < -0.4 is 0 Å². The molecule has 54 heavy (non-hydrogen) atoms. The fourth-order valence-corrected chi connectivity index (χ4v) is 8.75. The van der Waals surface area contributed by atoms with E-state index in [0.717, 1.165) is 38.7 Å². The second-order valence-electron chi connectivity index (χ2n) is 19.3. The van der Waals surface area contributed by atoms with Gasteiger partial charge in [-0.15, -0.1) is 0 Å². The van der Waals surface area contributed by atoms with Gasteiger partial charge in [0.2, 0.25) is 0 Å². The van der Waals surface area contributed by atoms with Crippen molar-refractivity contribution >= 4 is 5.97 Å². The van der Waals surface area contributed by atoms with Crippen molar-refractivity contribution in [3.8, 4) is 0 Å². The van der Waals surface area contributed by atoms with Crippen LogP contribution in [0.25, 0.3) is 0 Å². The topological polar surface area (TPSA) is 48.0 Å². The van der Waals surface area contributed by atoms with Crippen LogP contribution in [0.5, 0.6) is 0 Å². The Morgan fingerprint density at radius 3 is 1.19 bits per heavy atom. The summed E-state index contributed by atoms with van der Waals surface area (Å²) in [6.07, 6.45) is 44.1. The Morgan fingerprint density at radius 2 is 0.833 bits per heavy atom. The normalized spacial score (nSPS) is 16.3. The SMILES string of the molecule is CCCCCCCCCCCCCCCCCCCC(=O)OC1CC(C)(C)N(OCC(C)(C)OCCCCCCCCCCCCCCCC)C(C)(C)C1. The van der Waals surface area contributed by atoms with Crippen LogP contribution in [-0.2, 0) is 19.1 Å². The molecule has 5 nitrogen and oxygen atoms in total. The van der Waals surface area contributed by atoms with Crippen molar-refractivity contribution in [3.05, 3.63) is 0 Å². The molecule has 0 aromatic carbocycles. The van der Waals surface area contributed by atoms with Gasteiger partial charge in [0, 0.05) is 36.9 Å². The van der Waals surface area contributed by atoms with Gasteiger partial charge in [-0.2, -0.15) is 5.06 Å². The van der Waals surface area contributed by atoms with Crippen molar-refractivity contribution in [1.82, 2.24) is 5.06 Å². The maximum atomic E-state index is 12.8. The summed E-state index contributed by atoms with van der Waals surface area (Å²) in [6.45, 7) is 19.0. The van der Waals surface area contributed by atoms with Crippen LogP contribution in [0.2, 0.25) is 0 Å². The van der Waals surface area contributed by atoms with Gasteiger partial charge in [-0.3, -0.25) is 9.63 Å². The lowest BCUT2D eigenvalue weighted by molar-refractivity contribution is -0.309. The van der Waals surface area contributed by atoms with Gasteiger partial charge in [0.05, 0.1) is 12.2 Å². The van der Waals surface area contributed by atoms with Crippen LogP contribution >= 0.6 is 0 Å². The van der Waals surface area contributed by atoms with Gasteiger partial charge in [0.25, 0.3) is 0 Å². The molecule has 1 fully saturated rings. The van der Waals surface area contributed by atoms with Crippen molar-refractivity contribution < 1.29 is 19.1 Å². The van der Waals surface area contributed by atoms with Crippen molar-refractivity contribution in [2.45, 2.75) is 296 Å². The highest BCUT2D eigenvalue weighted by Crippen LogP contribution is 2.40. The quantitative estimate of drug-likeness (QED) is 0.0463. The van der Waals surface area contributed by atoms with Gasteiger partial charge in [-0.25, -0.2) is 0 Å². The maximum Gasteiger partial charge on any atom is 0.306 e. The van der Waals surface area contributed by atoms with Crippen LogP contribution in [0, 0.1) is 0 Å². The fraction of sp³-hybridized carbons (Fsp3) is 0.980. The Balaban J connectivity index is 2.11. The highest BCUT2D eigenvalue weighted by atomic mass is 16.7. The molecule has 0 aromatic rings. The minimum absolute atomic E-state index is 0.0278. The number of carbonyl (C=O) groups is 1. The Bertz CT molecular complexity index is 837. The van der Waals surface area contributed by atoms with E-state index in [9.17, 15) is 4.79 Å². The number of hydrogen-bond acceptors (Lipinski definition) is 5. The first kappa shape index (κ1) is 51.4. The number of ether oxygens (including phenoxy) is 2. The first-order valence-corrected chi connectivity index (χ1v) is 24.2. The molecule has 0 amide bonds. The lowest BCUT2D eigenvalue weighted by Crippen LogP contribution is -2.62. The maximum absolute atomic E-state index is 12.8. The van der Waals surface area contributed by atoms with Crippen LogP contribution in [0.15, 0.2) is 0 Å². The van der Waals surface area contributed by atoms with E-state index in [2.05, 4.69) is 60.5 Å². The molecule has 0 atom stereocenters.